The van der Waals surface area contributed by atoms with Crippen LogP contribution < -0.4 is 10.6 Å². The summed E-state index contributed by atoms with van der Waals surface area (Å²) in [5, 5.41) is 13.9. The van der Waals surface area contributed by atoms with E-state index in [0.717, 1.165) is 17.8 Å². The Morgan fingerprint density at radius 2 is 2.11 bits per heavy atom. The van der Waals surface area contributed by atoms with Crippen LogP contribution in [0.15, 0.2) is 11.1 Å². The Hall–Kier alpha value is -1.28. The first-order chi connectivity index (χ1) is 8.56. The molecule has 0 radical (unpaired) electrons. The lowest BCUT2D eigenvalue weighted by Crippen LogP contribution is -2.35. The van der Waals surface area contributed by atoms with Gasteiger partial charge in [-0.3, -0.25) is 14.9 Å². The Morgan fingerprint density at radius 1 is 1.39 bits per heavy atom. The van der Waals surface area contributed by atoms with E-state index in [1.807, 2.05) is 0 Å². The van der Waals surface area contributed by atoms with Crippen LogP contribution in [0.2, 0.25) is 0 Å². The normalized spacial score (nSPS) is 14.1. The summed E-state index contributed by atoms with van der Waals surface area (Å²) in [5.41, 5.74) is 0. The van der Waals surface area contributed by atoms with Gasteiger partial charge in [0.2, 0.25) is 5.13 Å². The molecule has 1 fully saturated rings. The van der Waals surface area contributed by atoms with E-state index in [2.05, 4.69) is 43.3 Å². The number of carbonyl (C=O) groups is 2. The molecule has 0 bridgehead atoms. The first kappa shape index (κ1) is 13.2. The number of aromatic nitrogens is 2. The number of hydrogen-bond donors (Lipinski definition) is 2. The molecular formula is C10H11BrN4O2S. The largest absolute Gasteiger partial charge is 0.343 e. The minimum Gasteiger partial charge on any atom is -0.343 e. The topological polar surface area (TPSA) is 84.0 Å². The number of nitrogens with one attached hydrogen (secondary N) is 2. The highest BCUT2D eigenvalue weighted by molar-refractivity contribution is 9.11. The quantitative estimate of drug-likeness (QED) is 0.817. The van der Waals surface area contributed by atoms with Crippen molar-refractivity contribution in [2.45, 2.75) is 18.8 Å². The van der Waals surface area contributed by atoms with Crippen LogP contribution in [0.1, 0.15) is 23.8 Å². The zero-order chi connectivity index (χ0) is 13.1. The molecule has 2 rings (SSSR count). The fourth-order valence-electron chi connectivity index (χ4n) is 1.19. The van der Waals surface area contributed by atoms with E-state index in [9.17, 15) is 9.59 Å². The summed E-state index contributed by atoms with van der Waals surface area (Å²) in [6.07, 6.45) is 2.24. The molecule has 0 aliphatic heterocycles. The lowest BCUT2D eigenvalue weighted by atomic mass is 10.5. The molecule has 1 saturated carbocycles. The monoisotopic (exact) mass is 330 g/mol. The molecule has 0 aromatic carbocycles. The molecule has 1 aliphatic carbocycles. The zero-order valence-electron chi connectivity index (χ0n) is 9.40. The minimum absolute atomic E-state index is 0.204. The Labute approximate surface area is 116 Å². The van der Waals surface area contributed by atoms with Crippen molar-refractivity contribution in [3.05, 3.63) is 16.1 Å². The number of carbonyl (C=O) groups excluding carboxylic acids is 2. The lowest BCUT2D eigenvalue weighted by Gasteiger charge is -2.02. The second kappa shape index (κ2) is 5.57. The van der Waals surface area contributed by atoms with Crippen LogP contribution in [-0.4, -0.2) is 28.6 Å². The van der Waals surface area contributed by atoms with Crippen molar-refractivity contribution in [2.24, 2.45) is 0 Å². The van der Waals surface area contributed by atoms with Crippen LogP contribution in [0.5, 0.6) is 0 Å². The van der Waals surface area contributed by atoms with Gasteiger partial charge in [0, 0.05) is 16.9 Å². The Morgan fingerprint density at radius 3 is 2.72 bits per heavy atom. The highest BCUT2D eigenvalue weighted by atomic mass is 79.9. The molecule has 0 atom stereocenters. The van der Waals surface area contributed by atoms with E-state index in [4.69, 9.17) is 0 Å². The molecule has 1 heterocycles. The van der Waals surface area contributed by atoms with Gasteiger partial charge in [-0.1, -0.05) is 33.8 Å². The van der Waals surface area contributed by atoms with Crippen molar-refractivity contribution >= 4 is 44.2 Å². The summed E-state index contributed by atoms with van der Waals surface area (Å²) in [6.45, 7) is 3.75. The van der Waals surface area contributed by atoms with Crippen molar-refractivity contribution < 1.29 is 9.59 Å². The van der Waals surface area contributed by atoms with Gasteiger partial charge in [-0.25, -0.2) is 0 Å². The van der Waals surface area contributed by atoms with Gasteiger partial charge in [0.15, 0.2) is 0 Å². The van der Waals surface area contributed by atoms with Gasteiger partial charge >= 0.3 is 11.8 Å². The number of nitrogens with zero attached hydrogens (tertiary/aromatic N) is 2. The molecular weight excluding hydrogens is 320 g/mol. The molecule has 1 aliphatic rings. The van der Waals surface area contributed by atoms with E-state index in [0.29, 0.717) is 15.5 Å². The first-order valence-corrected chi connectivity index (χ1v) is 6.93. The van der Waals surface area contributed by atoms with E-state index in [1.54, 1.807) is 0 Å². The maximum Gasteiger partial charge on any atom is 0.315 e. The summed E-state index contributed by atoms with van der Waals surface area (Å²) in [4.78, 5) is 22.9. The molecule has 18 heavy (non-hydrogen) atoms. The van der Waals surface area contributed by atoms with Crippen LogP contribution in [0.3, 0.4) is 0 Å². The Balaban J connectivity index is 1.85. The average molecular weight is 331 g/mol. The summed E-state index contributed by atoms with van der Waals surface area (Å²) < 4.78 is 0.593. The fourth-order valence-corrected chi connectivity index (χ4v) is 2.24. The van der Waals surface area contributed by atoms with E-state index < -0.39 is 11.8 Å². The first-order valence-electron chi connectivity index (χ1n) is 5.32. The van der Waals surface area contributed by atoms with Gasteiger partial charge in [-0.15, -0.1) is 10.2 Å². The van der Waals surface area contributed by atoms with Crippen molar-refractivity contribution in [3.8, 4) is 0 Å². The standard InChI is InChI=1S/C10H11BrN4O2S/c1-5(11)4-12-7(16)8(17)13-10-15-14-9(18-10)6-2-3-6/h6H,1-4H2,(H,12,16)(H,13,15,17). The van der Waals surface area contributed by atoms with Gasteiger partial charge in [-0.05, 0) is 12.8 Å². The van der Waals surface area contributed by atoms with Gasteiger partial charge in [0.25, 0.3) is 0 Å². The summed E-state index contributed by atoms with van der Waals surface area (Å²) in [7, 11) is 0. The highest BCUT2D eigenvalue weighted by Gasteiger charge is 2.28. The third-order valence-corrected chi connectivity index (χ3v) is 3.52. The third-order valence-electron chi connectivity index (χ3n) is 2.23. The summed E-state index contributed by atoms with van der Waals surface area (Å²) >= 11 is 4.40. The van der Waals surface area contributed by atoms with Gasteiger partial charge in [-0.2, -0.15) is 0 Å². The smallest absolute Gasteiger partial charge is 0.315 e. The number of hydrogen-bond acceptors (Lipinski definition) is 5. The predicted octanol–water partition coefficient (Wildman–Crippen LogP) is 1.38. The zero-order valence-corrected chi connectivity index (χ0v) is 11.8. The third kappa shape index (κ3) is 3.61. The molecule has 6 nitrogen and oxygen atoms in total. The molecule has 1 aromatic rings. The minimum atomic E-state index is -0.748. The summed E-state index contributed by atoms with van der Waals surface area (Å²) in [6, 6.07) is 0. The summed E-state index contributed by atoms with van der Waals surface area (Å²) in [5.74, 6) is -0.986. The Kier molecular flexibility index (Phi) is 4.07. The molecule has 8 heteroatoms. The molecule has 0 unspecified atom stereocenters. The van der Waals surface area contributed by atoms with E-state index in [-0.39, 0.29) is 6.54 Å². The van der Waals surface area contributed by atoms with Crippen molar-refractivity contribution in [2.75, 3.05) is 11.9 Å². The van der Waals surface area contributed by atoms with Crippen LogP contribution in [0.25, 0.3) is 0 Å². The number of anilines is 1. The second-order valence-corrected chi connectivity index (χ2v) is 6.00. The van der Waals surface area contributed by atoms with Gasteiger partial charge < -0.3 is 5.32 Å². The molecule has 2 amide bonds. The number of halogens is 1. The van der Waals surface area contributed by atoms with Crippen LogP contribution in [-0.2, 0) is 9.59 Å². The molecule has 96 valence electrons. The van der Waals surface area contributed by atoms with Crippen molar-refractivity contribution in [1.29, 1.82) is 0 Å². The average Bonchev–Trinajstić information content (AvgIpc) is 3.07. The molecule has 2 N–H and O–H groups in total. The molecule has 0 saturated heterocycles. The number of rotatable bonds is 4. The van der Waals surface area contributed by atoms with Gasteiger partial charge in [0.05, 0.1) is 0 Å². The van der Waals surface area contributed by atoms with Crippen LogP contribution in [0, 0.1) is 0 Å². The molecule has 1 aromatic heterocycles. The van der Waals surface area contributed by atoms with Crippen LogP contribution in [0.4, 0.5) is 5.13 Å². The highest BCUT2D eigenvalue weighted by Crippen LogP contribution is 2.41. The second-order valence-electron chi connectivity index (χ2n) is 3.87. The Bertz CT molecular complexity index is 498. The van der Waals surface area contributed by atoms with Crippen LogP contribution >= 0.6 is 27.3 Å². The maximum atomic E-state index is 11.5. The van der Waals surface area contributed by atoms with E-state index >= 15 is 0 Å². The van der Waals surface area contributed by atoms with Crippen molar-refractivity contribution in [3.63, 3.8) is 0 Å². The lowest BCUT2D eigenvalue weighted by molar-refractivity contribution is -0.136. The predicted molar refractivity (Wildman–Crippen MR) is 71.6 cm³/mol. The number of amides is 2. The van der Waals surface area contributed by atoms with Gasteiger partial charge in [0.1, 0.15) is 5.01 Å². The SMILES string of the molecule is C=C(Br)CNC(=O)C(=O)Nc1nnc(C2CC2)s1. The fraction of sp³-hybridized carbons (Fsp3) is 0.400. The molecule has 0 spiro atoms. The van der Waals surface area contributed by atoms with Crippen molar-refractivity contribution in [1.82, 2.24) is 15.5 Å². The maximum absolute atomic E-state index is 11.5. The van der Waals surface area contributed by atoms with E-state index in [1.165, 1.54) is 11.3 Å².